The lowest BCUT2D eigenvalue weighted by Gasteiger charge is -2.24. The van der Waals surface area contributed by atoms with Crippen LogP contribution in [-0.4, -0.2) is 87.7 Å². The number of hydrogen-bond acceptors (Lipinski definition) is 9. The van der Waals surface area contributed by atoms with Gasteiger partial charge in [0.05, 0.1) is 25.2 Å². The fourth-order valence-corrected chi connectivity index (χ4v) is 2.25. The lowest BCUT2D eigenvalue weighted by atomic mass is 10.1. The fourth-order valence-electron chi connectivity index (χ4n) is 2.25. The summed E-state index contributed by atoms with van der Waals surface area (Å²) in [4.78, 5) is 69.7. The van der Waals surface area contributed by atoms with Crippen LogP contribution in [0, 0.1) is 0 Å². The normalized spacial score (nSPS) is 15.5. The summed E-state index contributed by atoms with van der Waals surface area (Å²) < 4.78 is 0. The molecule has 5 atom stereocenters. The van der Waals surface area contributed by atoms with E-state index in [0.29, 0.717) is 0 Å². The Kier molecular flexibility index (Phi) is 11.7. The van der Waals surface area contributed by atoms with Gasteiger partial charge in [0.25, 0.3) is 0 Å². The molecule has 31 heavy (non-hydrogen) atoms. The third kappa shape index (κ3) is 10.3. The van der Waals surface area contributed by atoms with E-state index < -0.39 is 78.8 Å². The van der Waals surface area contributed by atoms with E-state index in [1.54, 1.807) is 0 Å². The third-order valence-electron chi connectivity index (χ3n) is 3.93. The van der Waals surface area contributed by atoms with Gasteiger partial charge in [0.15, 0.2) is 6.04 Å². The number of aliphatic hydroxyl groups is 2. The van der Waals surface area contributed by atoms with Crippen molar-refractivity contribution in [1.29, 1.82) is 0 Å². The Hall–Kier alpha value is -3.30. The summed E-state index contributed by atoms with van der Waals surface area (Å²) in [6.45, 7) is 0.194. The van der Waals surface area contributed by atoms with E-state index in [0.717, 1.165) is 6.92 Å². The summed E-state index contributed by atoms with van der Waals surface area (Å²) in [7, 11) is 0. The zero-order valence-corrected chi connectivity index (χ0v) is 16.7. The maximum atomic E-state index is 12.4. The second-order valence-electron chi connectivity index (χ2n) is 6.65. The van der Waals surface area contributed by atoms with E-state index in [2.05, 4.69) is 10.6 Å². The summed E-state index contributed by atoms with van der Waals surface area (Å²) in [6, 6.07) is -6.19. The average Bonchev–Trinajstić information content (AvgIpc) is 2.65. The van der Waals surface area contributed by atoms with Crippen LogP contribution >= 0.6 is 0 Å². The second-order valence-corrected chi connectivity index (χ2v) is 6.65. The van der Waals surface area contributed by atoms with Gasteiger partial charge in [0, 0.05) is 6.42 Å². The smallest absolute Gasteiger partial charge is 0.328 e. The van der Waals surface area contributed by atoms with Crippen molar-refractivity contribution in [2.75, 3.05) is 6.61 Å². The summed E-state index contributed by atoms with van der Waals surface area (Å²) in [5, 5.41) is 34.1. The quantitative estimate of drug-likeness (QED) is 0.121. The van der Waals surface area contributed by atoms with Crippen LogP contribution in [0.1, 0.15) is 26.2 Å². The topological polar surface area (TPSA) is 277 Å². The van der Waals surface area contributed by atoms with Crippen LogP contribution < -0.4 is 33.2 Å². The van der Waals surface area contributed by atoms with Gasteiger partial charge >= 0.3 is 5.97 Å². The number of amides is 5. The van der Waals surface area contributed by atoms with Crippen molar-refractivity contribution >= 4 is 35.5 Å². The van der Waals surface area contributed by atoms with E-state index in [1.165, 1.54) is 0 Å². The highest BCUT2D eigenvalue weighted by atomic mass is 16.4. The van der Waals surface area contributed by atoms with Crippen LogP contribution in [0.3, 0.4) is 0 Å². The van der Waals surface area contributed by atoms with E-state index in [4.69, 9.17) is 22.3 Å². The fraction of sp³-hybridized carbons (Fsp3) is 0.625. The second kappa shape index (κ2) is 13.1. The molecular formula is C16H28N6O9. The first-order valence-electron chi connectivity index (χ1n) is 9.05. The molecule has 15 heteroatoms. The van der Waals surface area contributed by atoms with Crippen molar-refractivity contribution < 1.29 is 44.1 Å². The standard InChI is InChI=1S/C16H28N6O9/c1-6(24)12(16(30)31)22-14(28)8(2-3-10(18)25)20-15(29)9(5-23)21-13(27)7(17)4-11(19)26/h6-9,12,23-24H,2-5,17H2,1H3,(H2,18,25)(H2,19,26)(H,20,29)(H,21,27)(H,22,28)(H,30,31). The highest BCUT2D eigenvalue weighted by Crippen LogP contribution is 2.02. The van der Waals surface area contributed by atoms with Crippen molar-refractivity contribution in [2.24, 2.45) is 17.2 Å². The molecule has 0 aliphatic heterocycles. The molecule has 0 fully saturated rings. The van der Waals surface area contributed by atoms with Gasteiger partial charge in [0.1, 0.15) is 12.1 Å². The van der Waals surface area contributed by atoms with Crippen molar-refractivity contribution in [1.82, 2.24) is 16.0 Å². The largest absolute Gasteiger partial charge is 0.480 e. The molecule has 0 saturated heterocycles. The van der Waals surface area contributed by atoms with Crippen LogP contribution in [0.5, 0.6) is 0 Å². The van der Waals surface area contributed by atoms with E-state index in [9.17, 15) is 39.0 Å². The number of nitrogens with two attached hydrogens (primary N) is 3. The van der Waals surface area contributed by atoms with Crippen LogP contribution in [0.25, 0.3) is 0 Å². The van der Waals surface area contributed by atoms with Crippen LogP contribution in [0.2, 0.25) is 0 Å². The maximum Gasteiger partial charge on any atom is 0.328 e. The van der Waals surface area contributed by atoms with Gasteiger partial charge in [-0.3, -0.25) is 24.0 Å². The molecule has 0 heterocycles. The van der Waals surface area contributed by atoms with Crippen molar-refractivity contribution in [2.45, 2.75) is 56.5 Å². The van der Waals surface area contributed by atoms with Gasteiger partial charge in [-0.05, 0) is 13.3 Å². The van der Waals surface area contributed by atoms with Gasteiger partial charge in [0.2, 0.25) is 29.5 Å². The first-order valence-corrected chi connectivity index (χ1v) is 9.05. The Labute approximate surface area is 176 Å². The number of aliphatic hydroxyl groups excluding tert-OH is 2. The van der Waals surface area contributed by atoms with E-state index >= 15 is 0 Å². The number of primary amides is 2. The summed E-state index contributed by atoms with van der Waals surface area (Å²) in [5.74, 6) is -6.35. The Bertz CT molecular complexity index is 699. The van der Waals surface area contributed by atoms with Gasteiger partial charge < -0.3 is 48.5 Å². The molecule has 0 bridgehead atoms. The molecule has 176 valence electrons. The maximum absolute atomic E-state index is 12.4. The molecule has 15 nitrogen and oxygen atoms in total. The van der Waals surface area contributed by atoms with Gasteiger partial charge in [-0.25, -0.2) is 4.79 Å². The highest BCUT2D eigenvalue weighted by molar-refractivity contribution is 5.95. The van der Waals surface area contributed by atoms with Gasteiger partial charge in [-0.2, -0.15) is 0 Å². The Balaban J connectivity index is 5.33. The van der Waals surface area contributed by atoms with Crippen molar-refractivity contribution in [3.63, 3.8) is 0 Å². The number of nitrogens with one attached hydrogen (secondary N) is 3. The number of carbonyl (C=O) groups is 6. The molecule has 0 spiro atoms. The zero-order valence-electron chi connectivity index (χ0n) is 16.7. The van der Waals surface area contributed by atoms with Crippen LogP contribution in [0.15, 0.2) is 0 Å². The summed E-state index contributed by atoms with van der Waals surface area (Å²) in [6.07, 6.45) is -2.72. The summed E-state index contributed by atoms with van der Waals surface area (Å²) >= 11 is 0. The van der Waals surface area contributed by atoms with Crippen LogP contribution in [0.4, 0.5) is 0 Å². The predicted octanol–water partition coefficient (Wildman–Crippen LogP) is -5.63. The van der Waals surface area contributed by atoms with Gasteiger partial charge in [-0.1, -0.05) is 0 Å². The first kappa shape index (κ1) is 27.7. The molecule has 12 N–H and O–H groups in total. The molecule has 0 saturated carbocycles. The number of carbonyl (C=O) groups excluding carboxylic acids is 5. The first-order chi connectivity index (χ1) is 14.3. The third-order valence-corrected chi connectivity index (χ3v) is 3.93. The highest BCUT2D eigenvalue weighted by Gasteiger charge is 2.32. The number of carboxylic acid groups (broad SMARTS) is 1. The minimum atomic E-state index is -1.71. The predicted molar refractivity (Wildman–Crippen MR) is 102 cm³/mol. The Morgan fingerprint density at radius 1 is 0.871 bits per heavy atom. The Morgan fingerprint density at radius 3 is 1.81 bits per heavy atom. The Morgan fingerprint density at radius 2 is 1.39 bits per heavy atom. The molecule has 0 radical (unpaired) electrons. The number of carboxylic acids is 1. The van der Waals surface area contributed by atoms with Crippen molar-refractivity contribution in [3.05, 3.63) is 0 Å². The molecule has 0 aromatic carbocycles. The average molecular weight is 448 g/mol. The van der Waals surface area contributed by atoms with E-state index in [1.807, 2.05) is 5.32 Å². The molecule has 5 unspecified atom stereocenters. The molecule has 0 aromatic rings. The molecule has 0 rings (SSSR count). The summed E-state index contributed by atoms with van der Waals surface area (Å²) in [5.41, 5.74) is 15.4. The SMILES string of the molecule is CC(O)C(NC(=O)C(CCC(N)=O)NC(=O)C(CO)NC(=O)C(N)CC(N)=O)C(=O)O. The lowest BCUT2D eigenvalue weighted by molar-refractivity contribution is -0.145. The number of hydrogen-bond donors (Lipinski definition) is 9. The van der Waals surface area contributed by atoms with Crippen LogP contribution in [-0.2, 0) is 28.8 Å². The van der Waals surface area contributed by atoms with E-state index in [-0.39, 0.29) is 12.8 Å². The zero-order chi connectivity index (χ0) is 24.3. The van der Waals surface area contributed by atoms with Gasteiger partial charge in [-0.15, -0.1) is 0 Å². The van der Waals surface area contributed by atoms with Crippen molar-refractivity contribution in [3.8, 4) is 0 Å². The monoisotopic (exact) mass is 448 g/mol. The molecule has 5 amide bonds. The number of aliphatic carboxylic acids is 1. The molecule has 0 aliphatic rings. The molecule has 0 aliphatic carbocycles. The minimum absolute atomic E-state index is 0.341. The minimum Gasteiger partial charge on any atom is -0.480 e. The number of rotatable bonds is 14. The lowest BCUT2D eigenvalue weighted by Crippen LogP contribution is -2.59. The molecule has 0 aromatic heterocycles. The molecular weight excluding hydrogens is 420 g/mol.